The highest BCUT2D eigenvalue weighted by Gasteiger charge is 2.30. The monoisotopic (exact) mass is 412 g/mol. The molecule has 28 heavy (non-hydrogen) atoms. The number of aromatic nitrogens is 5. The predicted molar refractivity (Wildman–Crippen MR) is 94.7 cm³/mol. The van der Waals surface area contributed by atoms with Crippen LogP contribution in [0.25, 0.3) is 5.69 Å². The van der Waals surface area contributed by atoms with Gasteiger partial charge in [-0.05, 0) is 30.4 Å². The van der Waals surface area contributed by atoms with Crippen LogP contribution in [0.3, 0.4) is 0 Å². The van der Waals surface area contributed by atoms with Crippen molar-refractivity contribution >= 4 is 18.1 Å². The number of hydrogen-bond donors (Lipinski definition) is 2. The van der Waals surface area contributed by atoms with Crippen molar-refractivity contribution in [2.45, 2.75) is 12.7 Å². The number of halogens is 3. The Morgan fingerprint density at radius 2 is 2.14 bits per heavy atom. The van der Waals surface area contributed by atoms with Crippen LogP contribution in [-0.2, 0) is 19.8 Å². The molecular weight excluding hydrogens is 397 g/mol. The number of amides is 1. The second-order valence-electron chi connectivity index (χ2n) is 5.73. The molecule has 0 saturated carbocycles. The topological polar surface area (TPSA) is 89.8 Å². The third kappa shape index (κ3) is 3.91. The number of H-pyrrole nitrogens is 1. The molecule has 0 unspecified atom stereocenters. The van der Waals surface area contributed by atoms with Crippen molar-refractivity contribution in [1.29, 1.82) is 0 Å². The SMILES string of the molecule is COc1cn(-c2cccc(C(F)(F)F)c2)nc1C(=O)NCc1n[nH]c(=S)n1C. The molecule has 0 atom stereocenters. The van der Waals surface area contributed by atoms with Crippen molar-refractivity contribution in [3.63, 3.8) is 0 Å². The quantitative estimate of drug-likeness (QED) is 0.629. The second kappa shape index (κ2) is 7.46. The van der Waals surface area contributed by atoms with E-state index in [0.717, 1.165) is 16.8 Å². The Kier molecular flexibility index (Phi) is 5.23. The summed E-state index contributed by atoms with van der Waals surface area (Å²) in [7, 11) is 3.03. The van der Waals surface area contributed by atoms with E-state index in [1.54, 1.807) is 11.6 Å². The van der Waals surface area contributed by atoms with Gasteiger partial charge in [-0.3, -0.25) is 9.89 Å². The van der Waals surface area contributed by atoms with Gasteiger partial charge in [-0.15, -0.1) is 0 Å². The third-order valence-electron chi connectivity index (χ3n) is 3.93. The molecule has 0 aliphatic carbocycles. The summed E-state index contributed by atoms with van der Waals surface area (Å²) in [6, 6.07) is 4.59. The van der Waals surface area contributed by atoms with E-state index < -0.39 is 17.6 Å². The lowest BCUT2D eigenvalue weighted by molar-refractivity contribution is -0.137. The number of carbonyl (C=O) groups is 1. The summed E-state index contributed by atoms with van der Waals surface area (Å²) in [4.78, 5) is 12.5. The van der Waals surface area contributed by atoms with E-state index in [9.17, 15) is 18.0 Å². The molecule has 0 bridgehead atoms. The van der Waals surface area contributed by atoms with Crippen molar-refractivity contribution in [3.8, 4) is 11.4 Å². The number of aromatic amines is 1. The van der Waals surface area contributed by atoms with E-state index in [1.807, 2.05) is 0 Å². The number of ether oxygens (including phenoxy) is 1. The van der Waals surface area contributed by atoms with Crippen LogP contribution in [0, 0.1) is 4.77 Å². The average molecular weight is 412 g/mol. The molecule has 12 heteroatoms. The van der Waals surface area contributed by atoms with Crippen molar-refractivity contribution in [2.75, 3.05) is 7.11 Å². The lowest BCUT2D eigenvalue weighted by atomic mass is 10.2. The minimum Gasteiger partial charge on any atom is -0.493 e. The zero-order valence-corrected chi connectivity index (χ0v) is 15.6. The summed E-state index contributed by atoms with van der Waals surface area (Å²) in [5.74, 6) is 0.0383. The molecule has 0 fully saturated rings. The molecule has 2 aromatic heterocycles. The molecule has 1 aromatic carbocycles. The Morgan fingerprint density at radius 3 is 2.75 bits per heavy atom. The van der Waals surface area contributed by atoms with Gasteiger partial charge in [0.1, 0.15) is 0 Å². The van der Waals surface area contributed by atoms with E-state index in [1.165, 1.54) is 25.4 Å². The van der Waals surface area contributed by atoms with Crippen LogP contribution in [0.15, 0.2) is 30.5 Å². The Balaban J connectivity index is 1.85. The fourth-order valence-corrected chi connectivity index (χ4v) is 2.55. The van der Waals surface area contributed by atoms with E-state index in [4.69, 9.17) is 17.0 Å². The van der Waals surface area contributed by atoms with Gasteiger partial charge in [0.15, 0.2) is 22.0 Å². The first-order valence-corrected chi connectivity index (χ1v) is 8.31. The molecular formula is C16H15F3N6O2S. The predicted octanol–water partition coefficient (Wildman–Crippen LogP) is 2.62. The van der Waals surface area contributed by atoms with Gasteiger partial charge < -0.3 is 14.6 Å². The number of alkyl halides is 3. The molecule has 3 rings (SSSR count). The first kappa shape index (κ1) is 19.6. The van der Waals surface area contributed by atoms with Gasteiger partial charge >= 0.3 is 6.18 Å². The smallest absolute Gasteiger partial charge is 0.416 e. The number of nitrogens with one attached hydrogen (secondary N) is 2. The lowest BCUT2D eigenvalue weighted by Crippen LogP contribution is -2.25. The van der Waals surface area contributed by atoms with Gasteiger partial charge in [-0.2, -0.15) is 23.4 Å². The largest absolute Gasteiger partial charge is 0.493 e. The van der Waals surface area contributed by atoms with Crippen LogP contribution in [0.2, 0.25) is 0 Å². The highest BCUT2D eigenvalue weighted by atomic mass is 32.1. The summed E-state index contributed by atoms with van der Waals surface area (Å²) in [6.45, 7) is 0.0715. The van der Waals surface area contributed by atoms with Crippen LogP contribution in [0.4, 0.5) is 13.2 Å². The molecule has 0 radical (unpaired) electrons. The molecule has 8 nitrogen and oxygen atoms in total. The Bertz CT molecular complexity index is 1070. The van der Waals surface area contributed by atoms with Crippen molar-refractivity contribution < 1.29 is 22.7 Å². The molecule has 3 aromatic rings. The van der Waals surface area contributed by atoms with E-state index in [2.05, 4.69) is 20.6 Å². The van der Waals surface area contributed by atoms with Crippen molar-refractivity contribution in [1.82, 2.24) is 29.9 Å². The van der Waals surface area contributed by atoms with Gasteiger partial charge in [0, 0.05) is 7.05 Å². The molecule has 0 aliphatic rings. The first-order chi connectivity index (χ1) is 13.2. The van der Waals surface area contributed by atoms with Gasteiger partial charge in [-0.25, -0.2) is 4.68 Å². The summed E-state index contributed by atoms with van der Waals surface area (Å²) < 4.78 is 47.0. The molecule has 148 valence electrons. The fourth-order valence-electron chi connectivity index (χ4n) is 2.40. The fraction of sp³-hybridized carbons (Fsp3) is 0.250. The maximum Gasteiger partial charge on any atom is 0.416 e. The van der Waals surface area contributed by atoms with Gasteiger partial charge in [-0.1, -0.05) is 6.07 Å². The van der Waals surface area contributed by atoms with Crippen LogP contribution < -0.4 is 10.1 Å². The molecule has 0 spiro atoms. The number of rotatable bonds is 5. The minimum atomic E-state index is -4.49. The number of nitrogens with zero attached hydrogens (tertiary/aromatic N) is 4. The summed E-state index contributed by atoms with van der Waals surface area (Å²) in [5.41, 5.74) is -0.755. The lowest BCUT2D eigenvalue weighted by Gasteiger charge is -2.08. The van der Waals surface area contributed by atoms with Crippen LogP contribution >= 0.6 is 12.2 Å². The minimum absolute atomic E-state index is 0.0715. The van der Waals surface area contributed by atoms with Crippen LogP contribution in [0.5, 0.6) is 5.75 Å². The number of hydrogen-bond acceptors (Lipinski definition) is 5. The zero-order chi connectivity index (χ0) is 20.5. The second-order valence-corrected chi connectivity index (χ2v) is 6.11. The van der Waals surface area contributed by atoms with Crippen LogP contribution in [0.1, 0.15) is 21.9 Å². The highest BCUT2D eigenvalue weighted by molar-refractivity contribution is 7.71. The Morgan fingerprint density at radius 1 is 1.39 bits per heavy atom. The van der Waals surface area contributed by atoms with Gasteiger partial charge in [0.2, 0.25) is 0 Å². The first-order valence-electron chi connectivity index (χ1n) is 7.90. The molecule has 0 aliphatic heterocycles. The van der Waals surface area contributed by atoms with Gasteiger partial charge in [0.25, 0.3) is 5.91 Å². The summed E-state index contributed by atoms with van der Waals surface area (Å²) >= 11 is 5.00. The van der Waals surface area contributed by atoms with E-state index in [-0.39, 0.29) is 23.7 Å². The van der Waals surface area contributed by atoms with E-state index >= 15 is 0 Å². The Hall–Kier alpha value is -3.15. The normalized spacial score (nSPS) is 11.5. The highest BCUT2D eigenvalue weighted by Crippen LogP contribution is 2.30. The summed E-state index contributed by atoms with van der Waals surface area (Å²) in [6.07, 6.45) is -3.16. The number of benzene rings is 1. The maximum absolute atomic E-state index is 12.9. The standard InChI is InChI=1S/C16H15F3N6O2S/c1-24-12(21-22-15(24)28)7-20-14(26)13-11(27-2)8-25(23-13)10-5-3-4-9(6-10)16(17,18)19/h3-6,8H,7H2,1-2H3,(H,20,26)(H,22,28). The van der Waals surface area contributed by atoms with Crippen LogP contribution in [-0.4, -0.2) is 37.6 Å². The zero-order valence-electron chi connectivity index (χ0n) is 14.7. The molecule has 1 amide bonds. The molecule has 0 saturated heterocycles. The van der Waals surface area contributed by atoms with Gasteiger partial charge in [0.05, 0.1) is 31.1 Å². The maximum atomic E-state index is 12.9. The molecule has 2 heterocycles. The average Bonchev–Trinajstić information content (AvgIpc) is 3.24. The van der Waals surface area contributed by atoms with E-state index in [0.29, 0.717) is 10.6 Å². The number of methoxy groups -OCH3 is 1. The summed E-state index contributed by atoms with van der Waals surface area (Å²) in [5, 5.41) is 13.3. The third-order valence-corrected chi connectivity index (χ3v) is 4.30. The van der Waals surface area contributed by atoms with Crippen molar-refractivity contribution in [2.24, 2.45) is 7.05 Å². The Labute approximate surface area is 161 Å². The molecule has 2 N–H and O–H groups in total. The van der Waals surface area contributed by atoms with Crippen molar-refractivity contribution in [3.05, 3.63) is 52.3 Å². The number of carbonyl (C=O) groups excluding carboxylic acids is 1.